The Morgan fingerprint density at radius 2 is 1.27 bits per heavy atom. The van der Waals surface area contributed by atoms with Gasteiger partial charge in [0.25, 0.3) is 5.91 Å². The molecule has 1 amide bonds. The highest BCUT2D eigenvalue weighted by Gasteiger charge is 2.20. The van der Waals surface area contributed by atoms with E-state index < -0.39 is 0 Å². The van der Waals surface area contributed by atoms with Gasteiger partial charge in [0, 0.05) is 38.4 Å². The van der Waals surface area contributed by atoms with Crippen molar-refractivity contribution in [2.24, 2.45) is 4.99 Å². The van der Waals surface area contributed by atoms with E-state index in [4.69, 9.17) is 0 Å². The first-order chi connectivity index (χ1) is 17.6. The van der Waals surface area contributed by atoms with Crippen molar-refractivity contribution in [2.75, 3.05) is 0 Å². The number of hydrogen-bond donors (Lipinski definition) is 3. The summed E-state index contributed by atoms with van der Waals surface area (Å²) in [6.07, 6.45) is 10.1. The number of aromatic nitrogens is 3. The highest BCUT2D eigenvalue weighted by Crippen LogP contribution is 2.22. The Kier molecular flexibility index (Phi) is 7.44. The summed E-state index contributed by atoms with van der Waals surface area (Å²) in [6.45, 7) is 21.2. The molecule has 5 heteroatoms. The molecule has 0 atom stereocenters. The maximum absolute atomic E-state index is 12.2. The van der Waals surface area contributed by atoms with E-state index in [-0.39, 0.29) is 5.91 Å². The van der Waals surface area contributed by atoms with Gasteiger partial charge in [-0.25, -0.2) is 4.99 Å². The van der Waals surface area contributed by atoms with E-state index in [1.807, 2.05) is 13.0 Å². The molecule has 1 aliphatic rings. The van der Waals surface area contributed by atoms with Crippen molar-refractivity contribution in [3.8, 4) is 0 Å². The summed E-state index contributed by atoms with van der Waals surface area (Å²) in [4.78, 5) is 27.3. The molecule has 3 aromatic heterocycles. The van der Waals surface area contributed by atoms with Crippen LogP contribution in [0.2, 0.25) is 0 Å². The molecule has 4 heterocycles. The van der Waals surface area contributed by atoms with Crippen molar-refractivity contribution < 1.29 is 4.79 Å². The minimum Gasteiger partial charge on any atom is -0.355 e. The van der Waals surface area contributed by atoms with Crippen molar-refractivity contribution in [2.45, 2.75) is 81.1 Å². The Bertz CT molecular complexity index is 1680. The maximum atomic E-state index is 12.2. The summed E-state index contributed by atoms with van der Waals surface area (Å²) in [5, 5.41) is 4.23. The summed E-state index contributed by atoms with van der Waals surface area (Å²) in [5.74, 6) is -0.123. The third-order valence-corrected chi connectivity index (χ3v) is 8.00. The summed E-state index contributed by atoms with van der Waals surface area (Å²) in [5.41, 5.74) is 12.5. The minimum atomic E-state index is -0.123. The van der Waals surface area contributed by atoms with Crippen LogP contribution in [-0.2, 0) is 24.1 Å². The first-order valence-electron chi connectivity index (χ1n) is 13.5. The number of nitrogens with one attached hydrogen (secondary N) is 3. The number of rotatable bonds is 7. The van der Waals surface area contributed by atoms with Crippen LogP contribution in [0.4, 0.5) is 0 Å². The zero-order chi connectivity index (χ0) is 27.0. The Hall–Kier alpha value is -3.60. The fourth-order valence-corrected chi connectivity index (χ4v) is 5.67. The van der Waals surface area contributed by atoms with Crippen LogP contribution < -0.4 is 21.4 Å². The van der Waals surface area contributed by atoms with Crippen LogP contribution in [0.3, 0.4) is 0 Å². The number of aromatic amines is 3. The van der Waals surface area contributed by atoms with Crippen LogP contribution >= 0.6 is 0 Å². The van der Waals surface area contributed by atoms with Crippen LogP contribution in [0.1, 0.15) is 85.8 Å². The van der Waals surface area contributed by atoms with Gasteiger partial charge in [0.1, 0.15) is 0 Å². The SMILES string of the molecule is C=c1[nH]/c(=C\c2[nH]c(C=c3[nH]c(=CC4=NC(=O)C(C)=C4CC)c(C)c3CC)c(CC)c2C)c(CC)c1C. The molecule has 0 bridgehead atoms. The summed E-state index contributed by atoms with van der Waals surface area (Å²) < 4.78 is 0. The van der Waals surface area contributed by atoms with Gasteiger partial charge in [0.05, 0.1) is 5.71 Å². The van der Waals surface area contributed by atoms with E-state index in [1.165, 1.54) is 33.4 Å². The number of carbonyl (C=O) groups is 1. The van der Waals surface area contributed by atoms with Gasteiger partial charge >= 0.3 is 0 Å². The van der Waals surface area contributed by atoms with Gasteiger partial charge in [-0.1, -0.05) is 34.3 Å². The van der Waals surface area contributed by atoms with Crippen molar-refractivity contribution in [1.29, 1.82) is 0 Å². The second-order valence-electron chi connectivity index (χ2n) is 9.99. The smallest absolute Gasteiger partial charge is 0.273 e. The second-order valence-corrected chi connectivity index (χ2v) is 9.99. The monoisotopic (exact) mass is 496 g/mol. The van der Waals surface area contributed by atoms with Gasteiger partial charge < -0.3 is 15.0 Å². The number of carbonyl (C=O) groups excluding carboxylic acids is 1. The fourth-order valence-electron chi connectivity index (χ4n) is 5.67. The summed E-state index contributed by atoms with van der Waals surface area (Å²) in [6, 6.07) is 0. The maximum Gasteiger partial charge on any atom is 0.273 e. The highest BCUT2D eigenvalue weighted by atomic mass is 16.1. The largest absolute Gasteiger partial charge is 0.355 e. The lowest BCUT2D eigenvalue weighted by atomic mass is 10.0. The van der Waals surface area contributed by atoms with Crippen LogP contribution in [0.25, 0.3) is 24.8 Å². The quantitative estimate of drug-likeness (QED) is 0.457. The molecule has 0 saturated heterocycles. The van der Waals surface area contributed by atoms with Gasteiger partial charge in [-0.2, -0.15) is 0 Å². The van der Waals surface area contributed by atoms with E-state index in [2.05, 4.69) is 87.1 Å². The van der Waals surface area contributed by atoms with Gasteiger partial charge in [0.2, 0.25) is 0 Å². The van der Waals surface area contributed by atoms with Crippen LogP contribution in [-0.4, -0.2) is 26.6 Å². The second kappa shape index (κ2) is 10.4. The fraction of sp³-hybridized carbons (Fsp3) is 0.375. The number of hydrogen-bond acceptors (Lipinski definition) is 1. The molecule has 5 nitrogen and oxygen atoms in total. The standard InChI is InChI=1S/C32H40N4O/c1-10-22-17(5)21(9)33-28(22)14-26-18(6)23(11-2)29(34-26)16-30-24(12-3)19(7)27(35-30)15-31-25(13-4)20(8)32(37)36-31/h14-16,33-35H,9-13H2,1-8H3/b27-15?,28-14-,30-16?. The number of aliphatic imine (C=N–C) groups is 1. The Balaban J connectivity index is 1.89. The lowest BCUT2D eigenvalue weighted by molar-refractivity contribution is -0.114. The third-order valence-electron chi connectivity index (χ3n) is 8.00. The first-order valence-corrected chi connectivity index (χ1v) is 13.5. The molecule has 0 spiro atoms. The molecule has 4 rings (SSSR count). The van der Waals surface area contributed by atoms with Gasteiger partial charge in [-0.05, 0) is 111 Å². The number of allylic oxidation sites excluding steroid dienone is 1. The summed E-state index contributed by atoms with van der Waals surface area (Å²) >= 11 is 0. The average molecular weight is 497 g/mol. The van der Waals surface area contributed by atoms with Crippen LogP contribution in [0.15, 0.2) is 16.1 Å². The zero-order valence-corrected chi connectivity index (χ0v) is 23.6. The molecular weight excluding hydrogens is 456 g/mol. The van der Waals surface area contributed by atoms with E-state index in [0.717, 1.165) is 75.3 Å². The van der Waals surface area contributed by atoms with E-state index >= 15 is 0 Å². The zero-order valence-electron chi connectivity index (χ0n) is 23.6. The van der Waals surface area contributed by atoms with Crippen molar-refractivity contribution in [3.63, 3.8) is 0 Å². The predicted octanol–water partition coefficient (Wildman–Crippen LogP) is 3.84. The molecule has 37 heavy (non-hydrogen) atoms. The molecule has 194 valence electrons. The van der Waals surface area contributed by atoms with Crippen LogP contribution in [0, 0.1) is 20.8 Å². The minimum absolute atomic E-state index is 0.123. The topological polar surface area (TPSA) is 76.8 Å². The lowest BCUT2D eigenvalue weighted by Gasteiger charge is -1.99. The van der Waals surface area contributed by atoms with Crippen molar-refractivity contribution in [3.05, 3.63) is 77.3 Å². The molecule has 3 N–H and O–H groups in total. The molecule has 0 aromatic carbocycles. The van der Waals surface area contributed by atoms with Gasteiger partial charge in [-0.3, -0.25) is 4.79 Å². The number of H-pyrrole nitrogens is 3. The average Bonchev–Trinajstić information content (AvgIpc) is 3.51. The molecule has 0 aliphatic carbocycles. The molecule has 0 radical (unpaired) electrons. The lowest BCUT2D eigenvalue weighted by Crippen LogP contribution is -2.14. The van der Waals surface area contributed by atoms with Crippen molar-refractivity contribution in [1.82, 2.24) is 15.0 Å². The molecule has 3 aromatic rings. The normalized spacial score (nSPS) is 15.6. The Morgan fingerprint density at radius 1 is 0.676 bits per heavy atom. The number of nitrogens with zero attached hydrogens (tertiary/aromatic N) is 1. The molecule has 0 fully saturated rings. The molecular formula is C32H40N4O. The molecule has 1 aliphatic heterocycles. The Labute approximate surface area is 219 Å². The van der Waals surface area contributed by atoms with Gasteiger partial charge in [-0.15, -0.1) is 0 Å². The third kappa shape index (κ3) is 4.63. The highest BCUT2D eigenvalue weighted by molar-refractivity contribution is 6.30. The van der Waals surface area contributed by atoms with E-state index in [0.29, 0.717) is 0 Å². The Morgan fingerprint density at radius 3 is 1.89 bits per heavy atom. The van der Waals surface area contributed by atoms with Crippen molar-refractivity contribution >= 4 is 36.4 Å². The molecule has 0 unspecified atom stereocenters. The summed E-state index contributed by atoms with van der Waals surface area (Å²) in [7, 11) is 0. The number of amides is 1. The van der Waals surface area contributed by atoms with E-state index in [9.17, 15) is 4.79 Å². The predicted molar refractivity (Wildman–Crippen MR) is 156 cm³/mol. The van der Waals surface area contributed by atoms with E-state index in [1.54, 1.807) is 0 Å². The van der Waals surface area contributed by atoms with Gasteiger partial charge in [0.15, 0.2) is 0 Å². The molecule has 0 saturated carbocycles. The first kappa shape index (κ1) is 26.5. The van der Waals surface area contributed by atoms with Crippen LogP contribution in [0.5, 0.6) is 0 Å².